The molecule has 0 aliphatic carbocycles. The first-order valence-corrected chi connectivity index (χ1v) is 7.21. The van der Waals surface area contributed by atoms with Crippen molar-refractivity contribution in [3.05, 3.63) is 18.6 Å². The van der Waals surface area contributed by atoms with Gasteiger partial charge in [-0.2, -0.15) is 0 Å². The number of likely N-dealkylation sites (tertiary alicyclic amines) is 1. The van der Waals surface area contributed by atoms with E-state index >= 15 is 0 Å². The van der Waals surface area contributed by atoms with Gasteiger partial charge in [0.25, 0.3) is 0 Å². The molecule has 1 fully saturated rings. The van der Waals surface area contributed by atoms with E-state index in [9.17, 15) is 4.79 Å². The molecular weight excluding hydrogens is 256 g/mol. The number of carbonyl (C=O) groups is 1. The molecule has 1 aromatic rings. The zero-order chi connectivity index (χ0) is 14.4. The number of amides is 2. The number of carbonyl (C=O) groups excluding carboxylic acids is 1. The van der Waals surface area contributed by atoms with Crippen LogP contribution in [0.25, 0.3) is 0 Å². The molecule has 0 saturated carbocycles. The van der Waals surface area contributed by atoms with Crippen LogP contribution in [0.5, 0.6) is 5.88 Å². The number of hydrogen-bond donors (Lipinski definition) is 0. The summed E-state index contributed by atoms with van der Waals surface area (Å²) in [4.78, 5) is 24.1. The Kier molecular flexibility index (Phi) is 5.15. The Morgan fingerprint density at radius 3 is 2.90 bits per heavy atom. The molecule has 6 nitrogen and oxygen atoms in total. The molecule has 2 rings (SSSR count). The minimum absolute atomic E-state index is 0.0000350. The summed E-state index contributed by atoms with van der Waals surface area (Å²) in [5.74, 6) is 0.523. The summed E-state index contributed by atoms with van der Waals surface area (Å²) in [6, 6.07) is 0.0995. The van der Waals surface area contributed by atoms with Crippen LogP contribution < -0.4 is 4.74 Å². The predicted molar refractivity (Wildman–Crippen MR) is 75.6 cm³/mol. The van der Waals surface area contributed by atoms with Crippen molar-refractivity contribution in [3.63, 3.8) is 0 Å². The summed E-state index contributed by atoms with van der Waals surface area (Å²) >= 11 is 0. The van der Waals surface area contributed by atoms with Gasteiger partial charge in [0.1, 0.15) is 6.10 Å². The van der Waals surface area contributed by atoms with Crippen LogP contribution in [-0.4, -0.2) is 58.1 Å². The summed E-state index contributed by atoms with van der Waals surface area (Å²) in [6.45, 7) is 6.89. The van der Waals surface area contributed by atoms with Gasteiger partial charge in [0.2, 0.25) is 5.88 Å². The number of piperidine rings is 1. The van der Waals surface area contributed by atoms with Gasteiger partial charge in [0.05, 0.1) is 12.7 Å². The van der Waals surface area contributed by atoms with E-state index in [1.807, 2.05) is 23.6 Å². The van der Waals surface area contributed by atoms with Crippen LogP contribution in [0.4, 0.5) is 4.79 Å². The van der Waals surface area contributed by atoms with Crippen molar-refractivity contribution >= 4 is 6.03 Å². The van der Waals surface area contributed by atoms with E-state index in [4.69, 9.17) is 4.74 Å². The molecule has 1 atom stereocenters. The highest BCUT2D eigenvalue weighted by Gasteiger charge is 2.27. The maximum Gasteiger partial charge on any atom is 0.320 e. The van der Waals surface area contributed by atoms with Crippen LogP contribution in [0.15, 0.2) is 18.6 Å². The maximum atomic E-state index is 12.3. The first-order valence-electron chi connectivity index (χ1n) is 7.21. The number of rotatable bonds is 4. The molecule has 0 aromatic carbocycles. The van der Waals surface area contributed by atoms with Crippen molar-refractivity contribution in [3.8, 4) is 5.88 Å². The van der Waals surface area contributed by atoms with E-state index in [1.54, 1.807) is 18.6 Å². The van der Waals surface area contributed by atoms with Gasteiger partial charge in [-0.15, -0.1) is 0 Å². The van der Waals surface area contributed by atoms with E-state index in [0.717, 1.165) is 32.5 Å². The van der Waals surface area contributed by atoms with E-state index in [0.29, 0.717) is 12.4 Å². The zero-order valence-electron chi connectivity index (χ0n) is 12.2. The van der Waals surface area contributed by atoms with E-state index in [-0.39, 0.29) is 12.1 Å². The zero-order valence-corrected chi connectivity index (χ0v) is 12.2. The summed E-state index contributed by atoms with van der Waals surface area (Å²) in [5.41, 5.74) is 0. The average molecular weight is 278 g/mol. The third-order valence-corrected chi connectivity index (χ3v) is 3.51. The largest absolute Gasteiger partial charge is 0.471 e. The summed E-state index contributed by atoms with van der Waals surface area (Å²) in [5, 5.41) is 0. The molecule has 1 aromatic heterocycles. The molecule has 110 valence electrons. The lowest BCUT2D eigenvalue weighted by molar-refractivity contribution is 0.0834. The van der Waals surface area contributed by atoms with Crippen molar-refractivity contribution in [1.29, 1.82) is 0 Å². The molecule has 0 spiro atoms. The van der Waals surface area contributed by atoms with Gasteiger partial charge in [-0.25, -0.2) is 9.78 Å². The number of ether oxygens (including phenoxy) is 1. The summed E-state index contributed by atoms with van der Waals surface area (Å²) < 4.78 is 5.80. The van der Waals surface area contributed by atoms with Gasteiger partial charge in [0, 0.05) is 32.0 Å². The van der Waals surface area contributed by atoms with E-state index < -0.39 is 0 Å². The first kappa shape index (κ1) is 14.6. The SMILES string of the molecule is CCN(CC)C(=O)N1CCCC(Oc2cnccn2)C1. The van der Waals surface area contributed by atoms with Gasteiger partial charge in [-0.05, 0) is 26.7 Å². The second-order valence-corrected chi connectivity index (χ2v) is 4.83. The Labute approximate surface area is 119 Å². The molecule has 1 aliphatic rings. The minimum atomic E-state index is -0.0000350. The van der Waals surface area contributed by atoms with Crippen LogP contribution in [0.3, 0.4) is 0 Å². The third-order valence-electron chi connectivity index (χ3n) is 3.51. The van der Waals surface area contributed by atoms with Gasteiger partial charge in [0.15, 0.2) is 0 Å². The lowest BCUT2D eigenvalue weighted by atomic mass is 10.1. The second-order valence-electron chi connectivity index (χ2n) is 4.83. The number of nitrogens with zero attached hydrogens (tertiary/aromatic N) is 4. The molecule has 20 heavy (non-hydrogen) atoms. The van der Waals surface area contributed by atoms with Crippen LogP contribution >= 0.6 is 0 Å². The molecular formula is C14H22N4O2. The molecule has 0 N–H and O–H groups in total. The number of aromatic nitrogens is 2. The van der Waals surface area contributed by atoms with Crippen molar-refractivity contribution in [1.82, 2.24) is 19.8 Å². The Hall–Kier alpha value is -1.85. The third kappa shape index (κ3) is 3.59. The fraction of sp³-hybridized carbons (Fsp3) is 0.643. The van der Waals surface area contributed by atoms with Gasteiger partial charge in [-0.3, -0.25) is 4.98 Å². The van der Waals surface area contributed by atoms with Crippen LogP contribution in [0.1, 0.15) is 26.7 Å². The molecule has 2 amide bonds. The van der Waals surface area contributed by atoms with Crippen molar-refractivity contribution in [2.45, 2.75) is 32.8 Å². The average Bonchev–Trinajstić information content (AvgIpc) is 2.49. The fourth-order valence-corrected chi connectivity index (χ4v) is 2.42. The molecule has 1 saturated heterocycles. The predicted octanol–water partition coefficient (Wildman–Crippen LogP) is 1.78. The highest BCUT2D eigenvalue weighted by molar-refractivity contribution is 5.74. The van der Waals surface area contributed by atoms with Crippen molar-refractivity contribution in [2.75, 3.05) is 26.2 Å². The lowest BCUT2D eigenvalue weighted by Crippen LogP contribution is -2.50. The Morgan fingerprint density at radius 2 is 2.25 bits per heavy atom. The topological polar surface area (TPSA) is 58.6 Å². The van der Waals surface area contributed by atoms with Crippen molar-refractivity contribution < 1.29 is 9.53 Å². The molecule has 0 bridgehead atoms. The fourth-order valence-electron chi connectivity index (χ4n) is 2.42. The van der Waals surface area contributed by atoms with Crippen LogP contribution in [0.2, 0.25) is 0 Å². The normalized spacial score (nSPS) is 18.7. The van der Waals surface area contributed by atoms with E-state index in [2.05, 4.69) is 9.97 Å². The Morgan fingerprint density at radius 1 is 1.45 bits per heavy atom. The van der Waals surface area contributed by atoms with Gasteiger partial charge in [-0.1, -0.05) is 0 Å². The highest BCUT2D eigenvalue weighted by atomic mass is 16.5. The highest BCUT2D eigenvalue weighted by Crippen LogP contribution is 2.17. The smallest absolute Gasteiger partial charge is 0.320 e. The van der Waals surface area contributed by atoms with Crippen LogP contribution in [0, 0.1) is 0 Å². The number of urea groups is 1. The Bertz CT molecular complexity index is 422. The van der Waals surface area contributed by atoms with Crippen molar-refractivity contribution in [2.24, 2.45) is 0 Å². The summed E-state index contributed by atoms with van der Waals surface area (Å²) in [7, 11) is 0. The molecule has 6 heteroatoms. The minimum Gasteiger partial charge on any atom is -0.471 e. The maximum absolute atomic E-state index is 12.3. The number of hydrogen-bond acceptors (Lipinski definition) is 4. The van der Waals surface area contributed by atoms with Gasteiger partial charge >= 0.3 is 6.03 Å². The molecule has 1 aliphatic heterocycles. The summed E-state index contributed by atoms with van der Waals surface area (Å²) in [6.07, 6.45) is 6.72. The molecule has 0 radical (unpaired) electrons. The monoisotopic (exact) mass is 278 g/mol. The Balaban J connectivity index is 1.93. The van der Waals surface area contributed by atoms with Crippen LogP contribution in [-0.2, 0) is 0 Å². The standard InChI is InChI=1S/C14H22N4O2/c1-3-17(4-2)14(19)18-9-5-6-12(11-18)20-13-10-15-7-8-16-13/h7-8,10,12H,3-6,9,11H2,1-2H3. The quantitative estimate of drug-likeness (QED) is 0.842. The lowest BCUT2D eigenvalue weighted by Gasteiger charge is -2.35. The molecule has 2 heterocycles. The van der Waals surface area contributed by atoms with Gasteiger partial charge < -0.3 is 14.5 Å². The second kappa shape index (κ2) is 7.07. The first-order chi connectivity index (χ1) is 9.74. The van der Waals surface area contributed by atoms with E-state index in [1.165, 1.54) is 0 Å². The molecule has 1 unspecified atom stereocenters.